The van der Waals surface area contributed by atoms with Crippen molar-refractivity contribution in [3.63, 3.8) is 0 Å². The van der Waals surface area contributed by atoms with Gasteiger partial charge in [0.2, 0.25) is 17.8 Å². The van der Waals surface area contributed by atoms with Gasteiger partial charge in [0.25, 0.3) is 0 Å². The predicted molar refractivity (Wildman–Crippen MR) is 126 cm³/mol. The Bertz CT molecular complexity index is 1020. The van der Waals surface area contributed by atoms with Crippen LogP contribution in [0.5, 0.6) is 0 Å². The Labute approximate surface area is 189 Å². The summed E-state index contributed by atoms with van der Waals surface area (Å²) in [5.41, 5.74) is 5.29. The molecule has 2 aliphatic rings. The van der Waals surface area contributed by atoms with Crippen LogP contribution in [0.15, 0.2) is 18.2 Å². The largest absolute Gasteiger partial charge is 0.338 e. The second-order valence-corrected chi connectivity index (χ2v) is 9.02. The van der Waals surface area contributed by atoms with E-state index >= 15 is 0 Å². The standard InChI is InChI=1S/C24H32N6O2/c1-15-6-7-20(12-16(15)2)30-14-19(13-21(30)31)23(32)27-22-17(3)25-24(26-18(22)4)29-10-8-28(5)9-11-29/h6-7,12,19H,8-11,13-14H2,1-5H3,(H,27,32). The molecule has 0 spiro atoms. The molecule has 0 saturated carbocycles. The molecule has 0 bridgehead atoms. The fraction of sp³-hybridized carbons (Fsp3) is 0.500. The third-order valence-corrected chi connectivity index (χ3v) is 6.59. The van der Waals surface area contributed by atoms with Crippen LogP contribution < -0.4 is 15.1 Å². The van der Waals surface area contributed by atoms with Gasteiger partial charge in [-0.25, -0.2) is 9.97 Å². The van der Waals surface area contributed by atoms with Gasteiger partial charge in [0.15, 0.2) is 0 Å². The van der Waals surface area contributed by atoms with Gasteiger partial charge in [0.05, 0.1) is 23.0 Å². The minimum atomic E-state index is -0.403. The van der Waals surface area contributed by atoms with Crippen molar-refractivity contribution in [3.8, 4) is 0 Å². The molecule has 32 heavy (non-hydrogen) atoms. The molecule has 1 aromatic heterocycles. The molecule has 8 heteroatoms. The Morgan fingerprint density at radius 1 is 1.00 bits per heavy atom. The van der Waals surface area contributed by atoms with Crippen LogP contribution in [0.4, 0.5) is 17.3 Å². The Balaban J connectivity index is 1.45. The van der Waals surface area contributed by atoms with Gasteiger partial charge >= 0.3 is 0 Å². The van der Waals surface area contributed by atoms with Crippen molar-refractivity contribution in [2.24, 2.45) is 5.92 Å². The maximum Gasteiger partial charge on any atom is 0.229 e. The van der Waals surface area contributed by atoms with Crippen molar-refractivity contribution in [2.45, 2.75) is 34.1 Å². The number of hydrogen-bond donors (Lipinski definition) is 1. The highest BCUT2D eigenvalue weighted by Crippen LogP contribution is 2.29. The smallest absolute Gasteiger partial charge is 0.229 e. The highest BCUT2D eigenvalue weighted by atomic mass is 16.2. The summed E-state index contributed by atoms with van der Waals surface area (Å²) < 4.78 is 0. The minimum Gasteiger partial charge on any atom is -0.338 e. The topological polar surface area (TPSA) is 81.7 Å². The van der Waals surface area contributed by atoms with E-state index in [0.717, 1.165) is 48.8 Å². The Hall–Kier alpha value is -3.00. The average Bonchev–Trinajstić information content (AvgIpc) is 3.14. The second kappa shape index (κ2) is 8.86. The van der Waals surface area contributed by atoms with E-state index in [9.17, 15) is 9.59 Å². The van der Waals surface area contributed by atoms with Crippen LogP contribution in [0.1, 0.15) is 28.9 Å². The van der Waals surface area contributed by atoms with E-state index in [1.807, 2.05) is 45.9 Å². The summed E-state index contributed by atoms with van der Waals surface area (Å²) in [5, 5.41) is 3.00. The van der Waals surface area contributed by atoms with Crippen molar-refractivity contribution in [2.75, 3.05) is 54.9 Å². The Kier molecular flexibility index (Phi) is 6.15. The molecule has 1 atom stereocenters. The summed E-state index contributed by atoms with van der Waals surface area (Å²) in [6, 6.07) is 5.96. The summed E-state index contributed by atoms with van der Waals surface area (Å²) in [6.45, 7) is 12.0. The predicted octanol–water partition coefficient (Wildman–Crippen LogP) is 2.45. The molecule has 1 unspecified atom stereocenters. The van der Waals surface area contributed by atoms with E-state index in [2.05, 4.69) is 32.1 Å². The van der Waals surface area contributed by atoms with Gasteiger partial charge in [-0.15, -0.1) is 0 Å². The Morgan fingerprint density at radius 2 is 1.66 bits per heavy atom. The molecular formula is C24H32N6O2. The highest BCUT2D eigenvalue weighted by molar-refractivity contribution is 6.03. The van der Waals surface area contributed by atoms with Crippen molar-refractivity contribution in [3.05, 3.63) is 40.7 Å². The molecule has 4 rings (SSSR count). The van der Waals surface area contributed by atoms with Crippen LogP contribution in [0, 0.1) is 33.6 Å². The number of anilines is 3. The first-order valence-electron chi connectivity index (χ1n) is 11.2. The normalized spacial score (nSPS) is 19.5. The van der Waals surface area contributed by atoms with E-state index in [4.69, 9.17) is 0 Å². The maximum atomic E-state index is 13.0. The van der Waals surface area contributed by atoms with Gasteiger partial charge in [0.1, 0.15) is 0 Å². The van der Waals surface area contributed by atoms with E-state index in [0.29, 0.717) is 18.2 Å². The van der Waals surface area contributed by atoms with Gasteiger partial charge in [-0.1, -0.05) is 6.07 Å². The van der Waals surface area contributed by atoms with E-state index < -0.39 is 5.92 Å². The summed E-state index contributed by atoms with van der Waals surface area (Å²) in [5.74, 6) is 0.124. The summed E-state index contributed by atoms with van der Waals surface area (Å²) in [6.07, 6.45) is 0.205. The van der Waals surface area contributed by atoms with E-state index in [-0.39, 0.29) is 18.2 Å². The summed E-state index contributed by atoms with van der Waals surface area (Å²) >= 11 is 0. The zero-order valence-corrected chi connectivity index (χ0v) is 19.6. The molecule has 0 radical (unpaired) electrons. The minimum absolute atomic E-state index is 0.0245. The number of piperazine rings is 1. The van der Waals surface area contributed by atoms with E-state index in [1.165, 1.54) is 5.56 Å². The number of rotatable bonds is 4. The molecule has 2 amide bonds. The quantitative estimate of drug-likeness (QED) is 0.793. The van der Waals surface area contributed by atoms with Crippen LogP contribution in [-0.4, -0.2) is 66.5 Å². The van der Waals surface area contributed by atoms with Crippen LogP contribution in [0.3, 0.4) is 0 Å². The molecule has 170 valence electrons. The summed E-state index contributed by atoms with van der Waals surface area (Å²) in [4.78, 5) is 41.2. The molecule has 0 aliphatic carbocycles. The van der Waals surface area contributed by atoms with Crippen molar-refractivity contribution < 1.29 is 9.59 Å². The van der Waals surface area contributed by atoms with Crippen molar-refractivity contribution >= 4 is 29.1 Å². The van der Waals surface area contributed by atoms with Crippen LogP contribution in [-0.2, 0) is 9.59 Å². The zero-order chi connectivity index (χ0) is 23.0. The first-order valence-corrected chi connectivity index (χ1v) is 11.2. The third-order valence-electron chi connectivity index (χ3n) is 6.59. The second-order valence-electron chi connectivity index (χ2n) is 9.02. The SMILES string of the molecule is Cc1ccc(N2CC(C(=O)Nc3c(C)nc(N4CCN(C)CC4)nc3C)CC2=O)cc1C. The lowest BCUT2D eigenvalue weighted by atomic mass is 10.1. The number of amides is 2. The molecular weight excluding hydrogens is 404 g/mol. The molecule has 1 N–H and O–H groups in total. The molecule has 1 aromatic carbocycles. The molecule has 2 saturated heterocycles. The van der Waals surface area contributed by atoms with Crippen molar-refractivity contribution in [1.82, 2.24) is 14.9 Å². The van der Waals surface area contributed by atoms with Gasteiger partial charge in [0, 0.05) is 44.8 Å². The van der Waals surface area contributed by atoms with Crippen LogP contribution >= 0.6 is 0 Å². The van der Waals surface area contributed by atoms with Crippen LogP contribution in [0.2, 0.25) is 0 Å². The fourth-order valence-corrected chi connectivity index (χ4v) is 4.28. The molecule has 2 aliphatic heterocycles. The monoisotopic (exact) mass is 436 g/mol. The van der Waals surface area contributed by atoms with Crippen molar-refractivity contribution in [1.29, 1.82) is 0 Å². The molecule has 2 fully saturated rings. The Morgan fingerprint density at radius 3 is 2.28 bits per heavy atom. The maximum absolute atomic E-state index is 13.0. The lowest BCUT2D eigenvalue weighted by Crippen LogP contribution is -2.45. The molecule has 3 heterocycles. The van der Waals surface area contributed by atoms with Crippen LogP contribution in [0.25, 0.3) is 0 Å². The molecule has 8 nitrogen and oxygen atoms in total. The number of carbonyl (C=O) groups is 2. The number of aryl methyl sites for hydroxylation is 4. The number of nitrogens with zero attached hydrogens (tertiary/aromatic N) is 5. The number of aromatic nitrogens is 2. The number of hydrogen-bond acceptors (Lipinski definition) is 6. The number of nitrogens with one attached hydrogen (secondary N) is 1. The van der Waals surface area contributed by atoms with Gasteiger partial charge < -0.3 is 20.0 Å². The van der Waals surface area contributed by atoms with Gasteiger partial charge in [-0.3, -0.25) is 9.59 Å². The zero-order valence-electron chi connectivity index (χ0n) is 19.6. The van der Waals surface area contributed by atoms with E-state index in [1.54, 1.807) is 4.90 Å². The van der Waals surface area contributed by atoms with Gasteiger partial charge in [-0.2, -0.15) is 0 Å². The average molecular weight is 437 g/mol. The molecule has 2 aromatic rings. The first-order chi connectivity index (χ1) is 15.2. The third kappa shape index (κ3) is 4.46. The van der Waals surface area contributed by atoms with Gasteiger partial charge in [-0.05, 0) is 58.0 Å². The number of benzene rings is 1. The first kappa shape index (κ1) is 22.2. The highest BCUT2D eigenvalue weighted by Gasteiger charge is 2.35. The lowest BCUT2D eigenvalue weighted by Gasteiger charge is -2.32. The fourth-order valence-electron chi connectivity index (χ4n) is 4.28. The summed E-state index contributed by atoms with van der Waals surface area (Å²) in [7, 11) is 2.11. The number of likely N-dealkylation sites (N-methyl/N-ethyl adjacent to an activating group) is 1. The lowest BCUT2D eigenvalue weighted by molar-refractivity contribution is -0.122. The number of carbonyl (C=O) groups excluding carboxylic acids is 2.